The van der Waals surface area contributed by atoms with Crippen LogP contribution >= 0.6 is 11.3 Å². The van der Waals surface area contributed by atoms with Crippen molar-refractivity contribution in [3.8, 4) is 55.5 Å². The molecule has 0 atom stereocenters. The molecular weight excluding hydrogens is 629 g/mol. The zero-order chi connectivity index (χ0) is 33.0. The molecule has 0 fully saturated rings. The van der Waals surface area contributed by atoms with E-state index in [2.05, 4.69) is 152 Å². The van der Waals surface area contributed by atoms with Crippen LogP contribution in [0.1, 0.15) is 0 Å². The van der Waals surface area contributed by atoms with Crippen LogP contribution in [0.4, 0.5) is 0 Å². The quantitative estimate of drug-likeness (QED) is 0.185. The maximum atomic E-state index is 6.45. The molecule has 0 amide bonds. The topological polar surface area (TPSA) is 38.9 Å². The van der Waals surface area contributed by atoms with Crippen LogP contribution in [-0.4, -0.2) is 9.97 Å². The van der Waals surface area contributed by atoms with E-state index in [9.17, 15) is 0 Å². The number of aromatic nitrogens is 2. The Bertz CT molecular complexity index is 2830. The summed E-state index contributed by atoms with van der Waals surface area (Å²) in [6, 6.07) is 59.8. The lowest BCUT2D eigenvalue weighted by molar-refractivity contribution is 0.669. The van der Waals surface area contributed by atoms with Gasteiger partial charge in [0, 0.05) is 31.5 Å². The molecule has 0 unspecified atom stereocenters. The minimum Gasteiger partial charge on any atom is -0.455 e. The number of furan rings is 1. The molecule has 0 aliphatic carbocycles. The van der Waals surface area contributed by atoms with Gasteiger partial charge in [0.05, 0.1) is 17.0 Å². The van der Waals surface area contributed by atoms with Crippen LogP contribution in [0.25, 0.3) is 98.3 Å². The predicted octanol–water partition coefficient (Wildman–Crippen LogP) is 13.1. The molecule has 3 heterocycles. The Balaban J connectivity index is 1.11. The van der Waals surface area contributed by atoms with Gasteiger partial charge in [-0.25, -0.2) is 9.97 Å². The highest BCUT2D eigenvalue weighted by molar-refractivity contribution is 7.22. The molecule has 0 N–H and O–H groups in total. The van der Waals surface area contributed by atoms with E-state index < -0.39 is 0 Å². The number of thiophene rings is 1. The summed E-state index contributed by atoms with van der Waals surface area (Å²) >= 11 is 1.82. The third-order valence-electron chi connectivity index (χ3n) is 9.51. The zero-order valence-corrected chi connectivity index (χ0v) is 27.7. The van der Waals surface area contributed by atoms with E-state index in [1.54, 1.807) is 0 Å². The molecule has 0 spiro atoms. The monoisotopic (exact) mass is 656 g/mol. The smallest absolute Gasteiger partial charge is 0.164 e. The fraction of sp³-hybridized carbons (Fsp3) is 0. The average molecular weight is 657 g/mol. The number of nitrogens with zero attached hydrogens (tertiary/aromatic N) is 2. The Morgan fingerprint density at radius 2 is 1.08 bits per heavy atom. The first kappa shape index (κ1) is 28.6. The van der Waals surface area contributed by atoms with Gasteiger partial charge in [0.1, 0.15) is 11.2 Å². The molecule has 0 saturated carbocycles. The van der Waals surface area contributed by atoms with Crippen LogP contribution in [0, 0.1) is 0 Å². The average Bonchev–Trinajstić information content (AvgIpc) is 3.80. The first-order valence-corrected chi connectivity index (χ1v) is 17.5. The standard InChI is InChI=1S/C46H28N2OS/c1-2-9-29(10-3-1)32-21-22-34-26-35(24-23-33(34)25-32)41-28-40(30-17-19-31(20-18-30)44-27-36-11-4-7-16-43(36)50-44)47-46(48-41)39-14-8-13-38-37-12-5-6-15-42(37)49-45(38)39/h1-28H. The molecule has 234 valence electrons. The second-order valence-electron chi connectivity index (χ2n) is 12.6. The van der Waals surface area contributed by atoms with Gasteiger partial charge >= 0.3 is 0 Å². The van der Waals surface area contributed by atoms with Gasteiger partial charge in [-0.3, -0.25) is 0 Å². The van der Waals surface area contributed by atoms with Crippen molar-refractivity contribution in [3.63, 3.8) is 0 Å². The number of para-hydroxylation sites is 2. The van der Waals surface area contributed by atoms with Crippen molar-refractivity contribution in [1.82, 2.24) is 9.97 Å². The summed E-state index contributed by atoms with van der Waals surface area (Å²) in [7, 11) is 0. The van der Waals surface area contributed by atoms with E-state index in [-0.39, 0.29) is 0 Å². The fourth-order valence-corrected chi connectivity index (χ4v) is 8.00. The summed E-state index contributed by atoms with van der Waals surface area (Å²) in [5.74, 6) is 0.635. The normalized spacial score (nSPS) is 11.6. The number of rotatable bonds is 5. The summed E-state index contributed by atoms with van der Waals surface area (Å²) in [4.78, 5) is 11.7. The summed E-state index contributed by atoms with van der Waals surface area (Å²) in [5.41, 5.74) is 9.92. The van der Waals surface area contributed by atoms with Gasteiger partial charge in [0.25, 0.3) is 0 Å². The second kappa shape index (κ2) is 11.7. The molecule has 10 aromatic rings. The largest absolute Gasteiger partial charge is 0.455 e. The van der Waals surface area contributed by atoms with E-state index in [0.29, 0.717) is 5.82 Å². The van der Waals surface area contributed by atoms with Gasteiger partial charge < -0.3 is 4.42 Å². The molecule has 50 heavy (non-hydrogen) atoms. The molecule has 0 saturated heterocycles. The third kappa shape index (κ3) is 4.97. The van der Waals surface area contributed by atoms with Gasteiger partial charge in [-0.05, 0) is 75.3 Å². The van der Waals surface area contributed by atoms with Crippen molar-refractivity contribution >= 4 is 54.1 Å². The molecule has 4 heteroatoms. The summed E-state index contributed by atoms with van der Waals surface area (Å²) in [5, 5.41) is 5.76. The van der Waals surface area contributed by atoms with Crippen molar-refractivity contribution < 1.29 is 4.42 Å². The maximum Gasteiger partial charge on any atom is 0.164 e. The van der Waals surface area contributed by atoms with Crippen LogP contribution in [0.5, 0.6) is 0 Å². The number of hydrogen-bond acceptors (Lipinski definition) is 4. The lowest BCUT2D eigenvalue weighted by Crippen LogP contribution is -1.96. The Hall–Kier alpha value is -6.36. The Labute approximate surface area is 292 Å². The lowest BCUT2D eigenvalue weighted by Gasteiger charge is -2.11. The van der Waals surface area contributed by atoms with Crippen LogP contribution in [0.2, 0.25) is 0 Å². The Morgan fingerprint density at radius 3 is 1.92 bits per heavy atom. The molecule has 3 aromatic heterocycles. The molecule has 0 radical (unpaired) electrons. The van der Waals surface area contributed by atoms with E-state index in [4.69, 9.17) is 14.4 Å². The summed E-state index contributed by atoms with van der Waals surface area (Å²) < 4.78 is 7.74. The molecular formula is C46H28N2OS. The van der Waals surface area contributed by atoms with Crippen molar-refractivity contribution in [2.75, 3.05) is 0 Å². The van der Waals surface area contributed by atoms with Crippen molar-refractivity contribution in [3.05, 3.63) is 170 Å². The van der Waals surface area contributed by atoms with Gasteiger partial charge in [-0.2, -0.15) is 0 Å². The van der Waals surface area contributed by atoms with Crippen LogP contribution in [0.3, 0.4) is 0 Å². The van der Waals surface area contributed by atoms with Crippen LogP contribution in [0.15, 0.2) is 174 Å². The molecule has 10 rings (SSSR count). The van der Waals surface area contributed by atoms with Gasteiger partial charge in [-0.1, -0.05) is 127 Å². The molecule has 0 aliphatic rings. The molecule has 0 aliphatic heterocycles. The van der Waals surface area contributed by atoms with E-state index in [0.717, 1.165) is 55.4 Å². The molecule has 0 bridgehead atoms. The Morgan fingerprint density at radius 1 is 0.420 bits per heavy atom. The molecule has 7 aromatic carbocycles. The van der Waals surface area contributed by atoms with Crippen LogP contribution in [-0.2, 0) is 0 Å². The van der Waals surface area contributed by atoms with Crippen molar-refractivity contribution in [2.24, 2.45) is 0 Å². The van der Waals surface area contributed by atoms with Crippen LogP contribution < -0.4 is 0 Å². The maximum absolute atomic E-state index is 6.45. The SMILES string of the molecule is c1ccc(-c2ccc3cc(-c4cc(-c5ccc(-c6cc7ccccc7s6)cc5)nc(-c5cccc6c5oc5ccccc56)n4)ccc3c2)cc1. The van der Waals surface area contributed by atoms with Gasteiger partial charge in [0.15, 0.2) is 5.82 Å². The van der Waals surface area contributed by atoms with E-state index in [1.165, 1.54) is 37.0 Å². The second-order valence-corrected chi connectivity index (χ2v) is 13.7. The van der Waals surface area contributed by atoms with Crippen molar-refractivity contribution in [2.45, 2.75) is 0 Å². The third-order valence-corrected chi connectivity index (χ3v) is 10.7. The lowest BCUT2D eigenvalue weighted by atomic mass is 9.98. The van der Waals surface area contributed by atoms with Crippen molar-refractivity contribution in [1.29, 1.82) is 0 Å². The zero-order valence-electron chi connectivity index (χ0n) is 26.9. The van der Waals surface area contributed by atoms with E-state index in [1.807, 2.05) is 29.5 Å². The minimum atomic E-state index is 0.635. The fourth-order valence-electron chi connectivity index (χ4n) is 6.93. The molecule has 3 nitrogen and oxygen atoms in total. The first-order valence-electron chi connectivity index (χ1n) is 16.7. The number of fused-ring (bicyclic) bond motifs is 5. The summed E-state index contributed by atoms with van der Waals surface area (Å²) in [6.07, 6.45) is 0. The predicted molar refractivity (Wildman–Crippen MR) is 209 cm³/mol. The Kier molecular flexibility index (Phi) is 6.68. The highest BCUT2D eigenvalue weighted by Crippen LogP contribution is 2.38. The van der Waals surface area contributed by atoms with E-state index >= 15 is 0 Å². The number of benzene rings is 7. The first-order chi connectivity index (χ1) is 24.7. The minimum absolute atomic E-state index is 0.635. The highest BCUT2D eigenvalue weighted by atomic mass is 32.1. The van der Waals surface area contributed by atoms with Gasteiger partial charge in [0.2, 0.25) is 0 Å². The van der Waals surface area contributed by atoms with Gasteiger partial charge in [-0.15, -0.1) is 11.3 Å². The highest BCUT2D eigenvalue weighted by Gasteiger charge is 2.17. The number of hydrogen-bond donors (Lipinski definition) is 0. The summed E-state index contributed by atoms with van der Waals surface area (Å²) in [6.45, 7) is 0.